The number of benzene rings is 3. The molecule has 0 unspecified atom stereocenters. The van der Waals surface area contributed by atoms with Crippen molar-refractivity contribution in [1.82, 2.24) is 5.32 Å². The summed E-state index contributed by atoms with van der Waals surface area (Å²) >= 11 is 0. The second-order valence-corrected chi connectivity index (χ2v) is 6.72. The highest BCUT2D eigenvalue weighted by atomic mass is 19.1. The Bertz CT molecular complexity index is 877. The molecule has 0 spiro atoms. The van der Waals surface area contributed by atoms with Crippen molar-refractivity contribution in [3.63, 3.8) is 0 Å². The van der Waals surface area contributed by atoms with Gasteiger partial charge in [-0.3, -0.25) is 4.79 Å². The molecule has 28 heavy (non-hydrogen) atoms. The van der Waals surface area contributed by atoms with E-state index >= 15 is 0 Å². The molecule has 3 aromatic carbocycles. The van der Waals surface area contributed by atoms with E-state index in [1.807, 2.05) is 60.7 Å². The van der Waals surface area contributed by atoms with Gasteiger partial charge in [-0.1, -0.05) is 60.7 Å². The fourth-order valence-corrected chi connectivity index (χ4v) is 3.15. The van der Waals surface area contributed by atoms with Crippen LogP contribution in [0.15, 0.2) is 78.9 Å². The molecule has 144 valence electrons. The molecule has 3 nitrogen and oxygen atoms in total. The third-order valence-corrected chi connectivity index (χ3v) is 4.68. The zero-order valence-electron chi connectivity index (χ0n) is 15.6. The van der Waals surface area contributed by atoms with Crippen molar-refractivity contribution in [3.05, 3.63) is 107 Å². The topological polar surface area (TPSA) is 45.7 Å². The quantitative estimate of drug-likeness (QED) is 0.647. The highest BCUT2D eigenvalue weighted by Gasteiger charge is 2.20. The van der Waals surface area contributed by atoms with Gasteiger partial charge in [0.1, 0.15) is 17.7 Å². The third kappa shape index (κ3) is 5.02. The van der Waals surface area contributed by atoms with E-state index in [9.17, 15) is 13.6 Å². The van der Waals surface area contributed by atoms with Gasteiger partial charge in [-0.05, 0) is 30.2 Å². The van der Waals surface area contributed by atoms with Gasteiger partial charge in [-0.25, -0.2) is 8.78 Å². The molecule has 0 saturated carbocycles. The van der Waals surface area contributed by atoms with E-state index in [-0.39, 0.29) is 24.5 Å². The third-order valence-electron chi connectivity index (χ3n) is 4.68. The average Bonchev–Trinajstić information content (AvgIpc) is 2.71. The smallest absolute Gasteiger partial charge is 0.275 e. The number of hydrogen-bond donors (Lipinski definition) is 2. The highest BCUT2D eigenvalue weighted by molar-refractivity contribution is 5.77. The Labute approximate surface area is 163 Å². The lowest BCUT2D eigenvalue weighted by molar-refractivity contribution is -0.682. The fraction of sp³-hybridized carbons (Fsp3) is 0.174. The van der Waals surface area contributed by atoms with Crippen LogP contribution in [0, 0.1) is 11.6 Å². The first-order valence-electron chi connectivity index (χ1n) is 9.22. The summed E-state index contributed by atoms with van der Waals surface area (Å²) in [5, 5.41) is 4.79. The Morgan fingerprint density at radius 3 is 2.04 bits per heavy atom. The predicted molar refractivity (Wildman–Crippen MR) is 104 cm³/mol. The molecule has 1 atom stereocenters. The molecule has 5 heteroatoms. The molecule has 0 heterocycles. The molecule has 3 rings (SSSR count). The Hall–Kier alpha value is -3.05. The first kappa shape index (κ1) is 19.7. The van der Waals surface area contributed by atoms with Gasteiger partial charge in [0, 0.05) is 11.6 Å². The van der Waals surface area contributed by atoms with Gasteiger partial charge in [0.2, 0.25) is 0 Å². The Balaban J connectivity index is 1.67. The van der Waals surface area contributed by atoms with E-state index in [4.69, 9.17) is 0 Å². The molecule has 3 N–H and O–H groups in total. The van der Waals surface area contributed by atoms with Crippen molar-refractivity contribution in [2.75, 3.05) is 6.54 Å². The van der Waals surface area contributed by atoms with Crippen molar-refractivity contribution in [2.24, 2.45) is 0 Å². The molecule has 0 aliphatic rings. The average molecular weight is 381 g/mol. The molecule has 0 radical (unpaired) electrons. The van der Waals surface area contributed by atoms with Crippen LogP contribution in [0.4, 0.5) is 8.78 Å². The monoisotopic (exact) mass is 381 g/mol. The lowest BCUT2D eigenvalue weighted by Gasteiger charge is -2.20. The van der Waals surface area contributed by atoms with Crippen molar-refractivity contribution in [2.45, 2.75) is 19.0 Å². The van der Waals surface area contributed by atoms with E-state index in [0.717, 1.165) is 17.2 Å². The zero-order valence-corrected chi connectivity index (χ0v) is 15.6. The Kier molecular flexibility index (Phi) is 6.50. The molecule has 3 aromatic rings. The Morgan fingerprint density at radius 2 is 1.50 bits per heavy atom. The highest BCUT2D eigenvalue weighted by Crippen LogP contribution is 2.21. The molecule has 0 bridgehead atoms. The largest absolute Gasteiger partial charge is 0.340 e. The maximum atomic E-state index is 13.9. The Morgan fingerprint density at radius 1 is 0.929 bits per heavy atom. The normalized spacial score (nSPS) is 12.0. The number of rotatable bonds is 7. The summed E-state index contributed by atoms with van der Waals surface area (Å²) in [5.41, 5.74) is 2.34. The summed E-state index contributed by atoms with van der Waals surface area (Å²) in [6.07, 6.45) is 0. The minimum atomic E-state index is -0.611. The summed E-state index contributed by atoms with van der Waals surface area (Å²) in [7, 11) is 0. The fourth-order valence-electron chi connectivity index (χ4n) is 3.15. The van der Waals surface area contributed by atoms with Crippen molar-refractivity contribution in [1.29, 1.82) is 0 Å². The summed E-state index contributed by atoms with van der Waals surface area (Å²) in [4.78, 5) is 12.6. The van der Waals surface area contributed by atoms with Gasteiger partial charge >= 0.3 is 0 Å². The van der Waals surface area contributed by atoms with Gasteiger partial charge in [0.15, 0.2) is 6.54 Å². The van der Waals surface area contributed by atoms with Crippen LogP contribution in [0.5, 0.6) is 0 Å². The van der Waals surface area contributed by atoms with Crippen LogP contribution < -0.4 is 10.6 Å². The molecule has 0 aliphatic heterocycles. The number of nitrogens with two attached hydrogens (primary N) is 1. The van der Waals surface area contributed by atoms with E-state index in [1.54, 1.807) is 12.2 Å². The number of halogens is 2. The summed E-state index contributed by atoms with van der Waals surface area (Å²) in [5.74, 6) is -1.37. The predicted octanol–water partition coefficient (Wildman–Crippen LogP) is 3.50. The van der Waals surface area contributed by atoms with Gasteiger partial charge in [-0.2, -0.15) is 0 Å². The summed E-state index contributed by atoms with van der Waals surface area (Å²) < 4.78 is 27.0. The van der Waals surface area contributed by atoms with E-state index in [2.05, 4.69) is 5.32 Å². The van der Waals surface area contributed by atoms with Crippen LogP contribution in [0.25, 0.3) is 0 Å². The van der Waals surface area contributed by atoms with Crippen LogP contribution in [0.1, 0.15) is 35.7 Å². The van der Waals surface area contributed by atoms with Crippen LogP contribution in [-0.4, -0.2) is 12.5 Å². The number of carbonyl (C=O) groups excluding carboxylic acids is 1. The summed E-state index contributed by atoms with van der Waals surface area (Å²) in [6.45, 7) is 1.92. The molecular weight excluding hydrogens is 358 g/mol. The number of hydrogen-bond acceptors (Lipinski definition) is 1. The molecule has 0 aromatic heterocycles. The minimum Gasteiger partial charge on any atom is -0.340 e. The number of nitrogens with one attached hydrogen (secondary N) is 1. The SMILES string of the molecule is C[C@H]([NH2+]CC(=O)NC(c1ccccc1)c1ccccc1)c1ccc(F)cc1F. The second-order valence-electron chi connectivity index (χ2n) is 6.72. The van der Waals surface area contributed by atoms with E-state index < -0.39 is 11.6 Å². The van der Waals surface area contributed by atoms with Crippen LogP contribution >= 0.6 is 0 Å². The van der Waals surface area contributed by atoms with Gasteiger partial charge in [0.25, 0.3) is 5.91 Å². The summed E-state index contributed by atoms with van der Waals surface area (Å²) in [6, 6.07) is 22.4. The first-order valence-corrected chi connectivity index (χ1v) is 9.22. The molecular formula is C23H23F2N2O+. The number of carbonyl (C=O) groups is 1. The van der Waals surface area contributed by atoms with Gasteiger partial charge in [-0.15, -0.1) is 0 Å². The van der Waals surface area contributed by atoms with Crippen LogP contribution in [0.2, 0.25) is 0 Å². The van der Waals surface area contributed by atoms with Gasteiger partial charge < -0.3 is 10.6 Å². The first-order chi connectivity index (χ1) is 13.5. The van der Waals surface area contributed by atoms with E-state index in [1.165, 1.54) is 12.1 Å². The molecule has 0 aliphatic carbocycles. The van der Waals surface area contributed by atoms with Gasteiger partial charge in [0.05, 0.1) is 6.04 Å². The molecule has 1 amide bonds. The molecule has 0 fully saturated rings. The molecule has 0 saturated heterocycles. The van der Waals surface area contributed by atoms with Crippen LogP contribution in [-0.2, 0) is 4.79 Å². The lowest BCUT2D eigenvalue weighted by atomic mass is 9.99. The number of quaternary nitrogens is 1. The lowest BCUT2D eigenvalue weighted by Crippen LogP contribution is -2.87. The second kappa shape index (κ2) is 9.24. The van der Waals surface area contributed by atoms with E-state index in [0.29, 0.717) is 5.56 Å². The maximum Gasteiger partial charge on any atom is 0.275 e. The maximum absolute atomic E-state index is 13.9. The van der Waals surface area contributed by atoms with Crippen LogP contribution in [0.3, 0.4) is 0 Å². The van der Waals surface area contributed by atoms with Crippen molar-refractivity contribution < 1.29 is 18.9 Å². The van der Waals surface area contributed by atoms with Crippen molar-refractivity contribution >= 4 is 5.91 Å². The standard InChI is InChI=1S/C23H22F2N2O/c1-16(20-13-12-19(24)14-21(20)25)26-15-22(28)27-23(17-8-4-2-5-9-17)18-10-6-3-7-11-18/h2-14,16,23,26H,15H2,1H3,(H,27,28)/p+1/t16-/m0/s1. The van der Waals surface area contributed by atoms with Crippen molar-refractivity contribution in [3.8, 4) is 0 Å². The zero-order chi connectivity index (χ0) is 19.9. The number of amides is 1. The minimum absolute atomic E-state index is 0.133.